The molecule has 0 amide bonds. The lowest BCUT2D eigenvalue weighted by Gasteiger charge is -2.04. The van der Waals surface area contributed by atoms with E-state index >= 15 is 0 Å². The summed E-state index contributed by atoms with van der Waals surface area (Å²) in [5.74, 6) is 0.609. The van der Waals surface area contributed by atoms with Crippen LogP contribution in [0, 0.1) is 5.41 Å². The van der Waals surface area contributed by atoms with E-state index in [-0.39, 0.29) is 17.6 Å². The lowest BCUT2D eigenvalue weighted by Crippen LogP contribution is -2.04. The number of rotatable bonds is 2. The van der Waals surface area contributed by atoms with Gasteiger partial charge in [0.1, 0.15) is 0 Å². The number of nitrogens with one attached hydrogen (secondary N) is 1. The van der Waals surface area contributed by atoms with Crippen molar-refractivity contribution < 1.29 is 0 Å². The van der Waals surface area contributed by atoms with Gasteiger partial charge in [-0.2, -0.15) is 0 Å². The number of thioether (sulfide) groups is 1. The van der Waals surface area contributed by atoms with Crippen molar-refractivity contribution in [3.05, 3.63) is 28.8 Å². The standard InChI is InChI=1S/C8H10ClN3S.ClH/c9-6-2-1-5(7(10)3-6)4-13-8(11)12;/h1-3H,4,10H2,(H3,11,12);1H. The van der Waals surface area contributed by atoms with Crippen LogP contribution < -0.4 is 11.5 Å². The summed E-state index contributed by atoms with van der Waals surface area (Å²) in [6, 6.07) is 5.30. The van der Waals surface area contributed by atoms with Crippen molar-refractivity contribution in [2.75, 3.05) is 5.73 Å². The highest BCUT2D eigenvalue weighted by molar-refractivity contribution is 8.13. The van der Waals surface area contributed by atoms with Gasteiger partial charge in [0, 0.05) is 16.5 Å². The van der Waals surface area contributed by atoms with Crippen molar-refractivity contribution in [1.29, 1.82) is 5.41 Å². The molecule has 78 valence electrons. The van der Waals surface area contributed by atoms with E-state index in [1.54, 1.807) is 12.1 Å². The molecule has 14 heavy (non-hydrogen) atoms. The van der Waals surface area contributed by atoms with Gasteiger partial charge in [0.15, 0.2) is 5.17 Å². The number of hydrogen-bond donors (Lipinski definition) is 3. The molecule has 0 saturated heterocycles. The minimum Gasteiger partial charge on any atom is -0.398 e. The van der Waals surface area contributed by atoms with E-state index in [0.29, 0.717) is 16.5 Å². The minimum atomic E-state index is 0. The quantitative estimate of drug-likeness (QED) is 0.430. The maximum atomic E-state index is 7.03. The summed E-state index contributed by atoms with van der Waals surface area (Å²) in [5, 5.41) is 7.74. The molecule has 1 rings (SSSR count). The summed E-state index contributed by atoms with van der Waals surface area (Å²) in [5.41, 5.74) is 12.5. The second-order valence-corrected chi connectivity index (χ2v) is 3.95. The first-order valence-corrected chi connectivity index (χ1v) is 4.96. The molecule has 0 aliphatic carbocycles. The Morgan fingerprint density at radius 2 is 2.14 bits per heavy atom. The first kappa shape index (κ1) is 13.4. The number of nitrogen functional groups attached to an aromatic ring is 1. The Labute approximate surface area is 98.1 Å². The third-order valence-corrected chi connectivity index (χ3v) is 2.49. The predicted octanol–water partition coefficient (Wildman–Crippen LogP) is 2.47. The van der Waals surface area contributed by atoms with Gasteiger partial charge in [-0.1, -0.05) is 29.4 Å². The van der Waals surface area contributed by atoms with E-state index < -0.39 is 0 Å². The van der Waals surface area contributed by atoms with Gasteiger partial charge in [-0.25, -0.2) is 0 Å². The number of benzene rings is 1. The van der Waals surface area contributed by atoms with Crippen molar-refractivity contribution in [2.24, 2.45) is 5.73 Å². The first-order chi connectivity index (χ1) is 6.09. The second-order valence-electron chi connectivity index (χ2n) is 2.50. The number of anilines is 1. The lowest BCUT2D eigenvalue weighted by molar-refractivity contribution is 1.42. The van der Waals surface area contributed by atoms with Gasteiger partial charge in [-0.15, -0.1) is 12.4 Å². The molecule has 0 bridgehead atoms. The normalized spacial score (nSPS) is 9.21. The van der Waals surface area contributed by atoms with Crippen LogP contribution in [0.2, 0.25) is 5.02 Å². The van der Waals surface area contributed by atoms with Gasteiger partial charge in [0.25, 0.3) is 0 Å². The van der Waals surface area contributed by atoms with E-state index in [1.807, 2.05) is 6.07 Å². The molecular weight excluding hydrogens is 241 g/mol. The van der Waals surface area contributed by atoms with Crippen LogP contribution in [-0.4, -0.2) is 5.17 Å². The van der Waals surface area contributed by atoms with Crippen molar-refractivity contribution in [3.8, 4) is 0 Å². The van der Waals surface area contributed by atoms with E-state index in [1.165, 1.54) is 11.8 Å². The van der Waals surface area contributed by atoms with Crippen LogP contribution in [0.5, 0.6) is 0 Å². The summed E-state index contributed by atoms with van der Waals surface area (Å²) >= 11 is 6.97. The fraction of sp³-hybridized carbons (Fsp3) is 0.125. The van der Waals surface area contributed by atoms with Gasteiger partial charge in [-0.3, -0.25) is 5.41 Å². The third kappa shape index (κ3) is 4.09. The first-order valence-electron chi connectivity index (χ1n) is 3.60. The van der Waals surface area contributed by atoms with E-state index in [9.17, 15) is 0 Å². The molecule has 0 aliphatic rings. The van der Waals surface area contributed by atoms with Gasteiger partial charge in [0.05, 0.1) is 0 Å². The average Bonchev–Trinajstić information content (AvgIpc) is 2.02. The summed E-state index contributed by atoms with van der Waals surface area (Å²) in [6.07, 6.45) is 0. The summed E-state index contributed by atoms with van der Waals surface area (Å²) < 4.78 is 0. The largest absolute Gasteiger partial charge is 0.398 e. The van der Waals surface area contributed by atoms with Gasteiger partial charge in [-0.05, 0) is 17.7 Å². The Hall–Kier alpha value is -0.580. The fourth-order valence-electron chi connectivity index (χ4n) is 0.853. The number of nitrogens with two attached hydrogens (primary N) is 2. The Morgan fingerprint density at radius 1 is 1.50 bits per heavy atom. The van der Waals surface area contributed by atoms with Crippen LogP contribution in [-0.2, 0) is 5.75 Å². The van der Waals surface area contributed by atoms with Crippen molar-refractivity contribution in [2.45, 2.75) is 5.75 Å². The molecule has 0 saturated carbocycles. The van der Waals surface area contributed by atoms with Crippen LogP contribution in [0.3, 0.4) is 0 Å². The predicted molar refractivity (Wildman–Crippen MR) is 66.3 cm³/mol. The maximum absolute atomic E-state index is 7.03. The van der Waals surface area contributed by atoms with Crippen LogP contribution >= 0.6 is 35.8 Å². The zero-order valence-electron chi connectivity index (χ0n) is 7.29. The summed E-state index contributed by atoms with van der Waals surface area (Å²) in [4.78, 5) is 0. The van der Waals surface area contributed by atoms with Crippen LogP contribution in [0.15, 0.2) is 18.2 Å². The third-order valence-electron chi connectivity index (χ3n) is 1.49. The number of hydrogen-bond acceptors (Lipinski definition) is 3. The molecule has 0 aliphatic heterocycles. The number of halogens is 2. The van der Waals surface area contributed by atoms with Gasteiger partial charge < -0.3 is 11.5 Å². The molecular formula is C8H11Cl2N3S. The number of amidine groups is 1. The average molecular weight is 252 g/mol. The van der Waals surface area contributed by atoms with Crippen molar-refractivity contribution in [3.63, 3.8) is 0 Å². The molecule has 3 nitrogen and oxygen atoms in total. The van der Waals surface area contributed by atoms with Gasteiger partial charge >= 0.3 is 0 Å². The van der Waals surface area contributed by atoms with Gasteiger partial charge in [0.2, 0.25) is 0 Å². The molecule has 1 aromatic rings. The molecule has 6 heteroatoms. The zero-order chi connectivity index (χ0) is 9.84. The van der Waals surface area contributed by atoms with E-state index in [2.05, 4.69) is 0 Å². The van der Waals surface area contributed by atoms with E-state index in [0.717, 1.165) is 5.56 Å². The second kappa shape index (κ2) is 6.01. The zero-order valence-corrected chi connectivity index (χ0v) is 9.68. The highest BCUT2D eigenvalue weighted by atomic mass is 35.5. The SMILES string of the molecule is Cl.N=C(N)SCc1ccc(Cl)cc1N. The van der Waals surface area contributed by atoms with Crippen LogP contribution in [0.1, 0.15) is 5.56 Å². The molecule has 1 aromatic carbocycles. The topological polar surface area (TPSA) is 75.9 Å². The van der Waals surface area contributed by atoms with Crippen molar-refractivity contribution in [1.82, 2.24) is 0 Å². The Balaban J connectivity index is 0.00000169. The van der Waals surface area contributed by atoms with E-state index in [4.69, 9.17) is 28.5 Å². The maximum Gasteiger partial charge on any atom is 0.151 e. The highest BCUT2D eigenvalue weighted by Gasteiger charge is 2.00. The smallest absolute Gasteiger partial charge is 0.151 e. The Kier molecular flexibility index (Phi) is 5.76. The molecule has 0 atom stereocenters. The highest BCUT2D eigenvalue weighted by Crippen LogP contribution is 2.21. The molecule has 0 spiro atoms. The molecule has 0 aromatic heterocycles. The Bertz CT molecular complexity index is 330. The Morgan fingerprint density at radius 3 is 2.64 bits per heavy atom. The molecule has 0 unspecified atom stereocenters. The summed E-state index contributed by atoms with van der Waals surface area (Å²) in [6.45, 7) is 0. The summed E-state index contributed by atoms with van der Waals surface area (Å²) in [7, 11) is 0. The molecule has 5 N–H and O–H groups in total. The fourth-order valence-corrected chi connectivity index (χ4v) is 1.61. The minimum absolute atomic E-state index is 0. The van der Waals surface area contributed by atoms with Crippen molar-refractivity contribution >= 4 is 46.6 Å². The van der Waals surface area contributed by atoms with Crippen LogP contribution in [0.4, 0.5) is 5.69 Å². The molecule has 0 heterocycles. The van der Waals surface area contributed by atoms with Crippen LogP contribution in [0.25, 0.3) is 0 Å². The molecule has 0 fully saturated rings. The monoisotopic (exact) mass is 251 g/mol. The lowest BCUT2D eigenvalue weighted by atomic mass is 10.2. The molecule has 0 radical (unpaired) electrons.